The van der Waals surface area contributed by atoms with Gasteiger partial charge in [-0.25, -0.2) is 19.1 Å². The van der Waals surface area contributed by atoms with E-state index < -0.39 is 17.7 Å². The Morgan fingerprint density at radius 3 is 2.70 bits per heavy atom. The molecule has 1 amide bonds. The maximum Gasteiger partial charge on any atom is 0.407 e. The number of carbonyl (C=O) groups excluding carboxylic acids is 1. The van der Waals surface area contributed by atoms with Crippen LogP contribution in [0.25, 0.3) is 16.8 Å². The van der Waals surface area contributed by atoms with Crippen molar-refractivity contribution in [1.82, 2.24) is 19.9 Å². The maximum atomic E-state index is 11.8. The summed E-state index contributed by atoms with van der Waals surface area (Å²) in [6, 6.07) is 9.01. The number of hydrogen-bond acceptors (Lipinski definition) is 5. The molecule has 0 spiro atoms. The van der Waals surface area contributed by atoms with Crippen LogP contribution in [-0.4, -0.2) is 37.4 Å². The van der Waals surface area contributed by atoms with Gasteiger partial charge in [-0.15, -0.1) is 0 Å². The number of carboxylic acids is 1. The number of rotatable bonds is 4. The van der Waals surface area contributed by atoms with Crippen molar-refractivity contribution >= 4 is 17.7 Å². The molecule has 27 heavy (non-hydrogen) atoms. The predicted octanol–water partition coefficient (Wildman–Crippen LogP) is 3.12. The molecule has 3 aromatic rings. The Hall–Kier alpha value is -3.42. The average molecular weight is 368 g/mol. The summed E-state index contributed by atoms with van der Waals surface area (Å²) in [7, 11) is 0. The van der Waals surface area contributed by atoms with E-state index in [1.54, 1.807) is 33.0 Å². The number of aromatic nitrogens is 3. The number of carbonyl (C=O) groups is 2. The molecule has 0 bridgehead atoms. The molecule has 1 aromatic carbocycles. The molecule has 0 unspecified atom stereocenters. The summed E-state index contributed by atoms with van der Waals surface area (Å²) in [5.41, 5.74) is 2.14. The molecule has 0 aliphatic rings. The van der Waals surface area contributed by atoms with Crippen LogP contribution in [0.1, 0.15) is 36.7 Å². The number of carboxylic acid groups (broad SMARTS) is 1. The largest absolute Gasteiger partial charge is 0.478 e. The van der Waals surface area contributed by atoms with E-state index in [2.05, 4.69) is 15.4 Å². The molecule has 0 radical (unpaired) electrons. The predicted molar refractivity (Wildman–Crippen MR) is 98.5 cm³/mol. The summed E-state index contributed by atoms with van der Waals surface area (Å²) in [5, 5.41) is 16.2. The first kappa shape index (κ1) is 18.4. The van der Waals surface area contributed by atoms with Crippen LogP contribution in [-0.2, 0) is 11.3 Å². The summed E-state index contributed by atoms with van der Waals surface area (Å²) in [5.74, 6) is -1.07. The SMILES string of the molecule is CC(C)(C)OC(=O)NCc1cccc(-c2cc(C(=O)O)c3ncnn3c2)c1. The van der Waals surface area contributed by atoms with Crippen molar-refractivity contribution < 1.29 is 19.4 Å². The van der Waals surface area contributed by atoms with Gasteiger partial charge in [0.05, 0.1) is 0 Å². The Bertz CT molecular complexity index is 1000. The summed E-state index contributed by atoms with van der Waals surface area (Å²) in [6.07, 6.45) is 2.53. The van der Waals surface area contributed by atoms with Gasteiger partial charge in [-0.2, -0.15) is 5.10 Å². The zero-order valence-electron chi connectivity index (χ0n) is 15.3. The number of pyridine rings is 1. The Labute approximate surface area is 155 Å². The minimum Gasteiger partial charge on any atom is -0.478 e. The Balaban J connectivity index is 1.84. The molecule has 0 fully saturated rings. The lowest BCUT2D eigenvalue weighted by molar-refractivity contribution is 0.0523. The number of benzene rings is 1. The van der Waals surface area contributed by atoms with Crippen LogP contribution >= 0.6 is 0 Å². The zero-order chi connectivity index (χ0) is 19.6. The fourth-order valence-electron chi connectivity index (χ4n) is 2.59. The molecule has 0 aliphatic heterocycles. The van der Waals surface area contributed by atoms with Crippen molar-refractivity contribution in [1.29, 1.82) is 0 Å². The fourth-order valence-corrected chi connectivity index (χ4v) is 2.59. The molecule has 2 heterocycles. The first-order valence-electron chi connectivity index (χ1n) is 8.36. The average Bonchev–Trinajstić information content (AvgIpc) is 3.06. The van der Waals surface area contributed by atoms with E-state index in [4.69, 9.17) is 4.74 Å². The number of fused-ring (bicyclic) bond motifs is 1. The van der Waals surface area contributed by atoms with Crippen LogP contribution in [0, 0.1) is 0 Å². The molecule has 2 aromatic heterocycles. The standard InChI is InChI=1S/C19H20N4O4/c1-19(2,3)27-18(26)20-9-12-5-4-6-13(7-12)14-8-15(17(24)25)16-21-11-22-23(16)10-14/h4-8,10-11H,9H2,1-3H3,(H,20,26)(H,24,25). The van der Waals surface area contributed by atoms with E-state index in [1.165, 1.54) is 10.8 Å². The highest BCUT2D eigenvalue weighted by Crippen LogP contribution is 2.23. The quantitative estimate of drug-likeness (QED) is 0.733. The number of ether oxygens (including phenoxy) is 1. The summed E-state index contributed by atoms with van der Waals surface area (Å²) < 4.78 is 6.66. The van der Waals surface area contributed by atoms with Gasteiger partial charge in [-0.1, -0.05) is 18.2 Å². The highest BCUT2D eigenvalue weighted by Gasteiger charge is 2.16. The number of amides is 1. The third kappa shape index (κ3) is 4.41. The molecule has 0 atom stereocenters. The Kier molecular flexibility index (Phi) is 4.81. The van der Waals surface area contributed by atoms with Crippen LogP contribution in [0.5, 0.6) is 0 Å². The topological polar surface area (TPSA) is 106 Å². The first-order valence-corrected chi connectivity index (χ1v) is 8.36. The van der Waals surface area contributed by atoms with Gasteiger partial charge in [-0.3, -0.25) is 0 Å². The van der Waals surface area contributed by atoms with Gasteiger partial charge in [0.15, 0.2) is 5.65 Å². The van der Waals surface area contributed by atoms with E-state index in [1.807, 2.05) is 24.3 Å². The van der Waals surface area contributed by atoms with Gasteiger partial charge in [0.25, 0.3) is 0 Å². The number of aromatic carboxylic acids is 1. The summed E-state index contributed by atoms with van der Waals surface area (Å²) in [4.78, 5) is 27.3. The Morgan fingerprint density at radius 2 is 2.00 bits per heavy atom. The van der Waals surface area contributed by atoms with Crippen LogP contribution in [0.15, 0.2) is 42.9 Å². The van der Waals surface area contributed by atoms with Gasteiger partial charge >= 0.3 is 12.1 Å². The summed E-state index contributed by atoms with van der Waals surface area (Å²) in [6.45, 7) is 5.69. The van der Waals surface area contributed by atoms with Crippen LogP contribution in [0.4, 0.5) is 4.79 Å². The second-order valence-electron chi connectivity index (χ2n) is 7.03. The van der Waals surface area contributed by atoms with Crippen molar-refractivity contribution in [2.24, 2.45) is 0 Å². The second kappa shape index (κ2) is 7.06. The third-order valence-corrected chi connectivity index (χ3v) is 3.70. The van der Waals surface area contributed by atoms with Gasteiger partial charge in [0.2, 0.25) is 0 Å². The van der Waals surface area contributed by atoms with Gasteiger partial charge in [0, 0.05) is 18.3 Å². The Morgan fingerprint density at radius 1 is 1.22 bits per heavy atom. The van der Waals surface area contributed by atoms with Crippen molar-refractivity contribution in [3.05, 3.63) is 54.0 Å². The smallest absolute Gasteiger partial charge is 0.407 e. The van der Waals surface area contributed by atoms with Crippen LogP contribution in [0.2, 0.25) is 0 Å². The van der Waals surface area contributed by atoms with Gasteiger partial charge < -0.3 is 15.2 Å². The van der Waals surface area contributed by atoms with Crippen molar-refractivity contribution in [2.75, 3.05) is 0 Å². The van der Waals surface area contributed by atoms with Gasteiger partial charge in [0.1, 0.15) is 17.5 Å². The minimum absolute atomic E-state index is 0.0716. The molecule has 3 rings (SSSR count). The lowest BCUT2D eigenvalue weighted by atomic mass is 10.0. The molecule has 8 nitrogen and oxygen atoms in total. The van der Waals surface area contributed by atoms with E-state index in [-0.39, 0.29) is 11.2 Å². The number of nitrogens with one attached hydrogen (secondary N) is 1. The zero-order valence-corrected chi connectivity index (χ0v) is 15.3. The van der Waals surface area contributed by atoms with E-state index in [0.717, 1.165) is 11.1 Å². The van der Waals surface area contributed by atoms with E-state index >= 15 is 0 Å². The molecule has 8 heteroatoms. The lowest BCUT2D eigenvalue weighted by Gasteiger charge is -2.19. The normalized spacial score (nSPS) is 11.4. The van der Waals surface area contributed by atoms with E-state index in [0.29, 0.717) is 12.1 Å². The highest BCUT2D eigenvalue weighted by molar-refractivity contribution is 5.95. The van der Waals surface area contributed by atoms with Crippen molar-refractivity contribution in [3.63, 3.8) is 0 Å². The number of alkyl carbamates (subject to hydrolysis) is 1. The van der Waals surface area contributed by atoms with Crippen LogP contribution in [0.3, 0.4) is 0 Å². The molecular weight excluding hydrogens is 348 g/mol. The summed E-state index contributed by atoms with van der Waals surface area (Å²) >= 11 is 0. The molecule has 0 saturated carbocycles. The monoisotopic (exact) mass is 368 g/mol. The van der Waals surface area contributed by atoms with Crippen molar-refractivity contribution in [3.8, 4) is 11.1 Å². The first-order chi connectivity index (χ1) is 12.7. The molecule has 140 valence electrons. The molecule has 0 aliphatic carbocycles. The van der Waals surface area contributed by atoms with Gasteiger partial charge in [-0.05, 0) is 44.0 Å². The van der Waals surface area contributed by atoms with Crippen molar-refractivity contribution in [2.45, 2.75) is 32.9 Å². The number of hydrogen-bond donors (Lipinski definition) is 2. The minimum atomic E-state index is -1.07. The fraction of sp³-hybridized carbons (Fsp3) is 0.263. The molecule has 0 saturated heterocycles. The highest BCUT2D eigenvalue weighted by atomic mass is 16.6. The number of nitrogens with zero attached hydrogens (tertiary/aromatic N) is 3. The third-order valence-electron chi connectivity index (χ3n) is 3.70. The van der Waals surface area contributed by atoms with Crippen LogP contribution < -0.4 is 5.32 Å². The van der Waals surface area contributed by atoms with E-state index in [9.17, 15) is 14.7 Å². The molecule has 2 N–H and O–H groups in total. The second-order valence-corrected chi connectivity index (χ2v) is 7.03. The maximum absolute atomic E-state index is 11.8. The lowest BCUT2D eigenvalue weighted by Crippen LogP contribution is -2.32. The molecular formula is C19H20N4O4.